The predicted molar refractivity (Wildman–Crippen MR) is 54.6 cm³/mol. The average Bonchev–Trinajstić information content (AvgIpc) is 2.06. The molecule has 70 valence electrons. The molecule has 0 aliphatic heterocycles. The lowest BCUT2D eigenvalue weighted by Crippen LogP contribution is -2.39. The zero-order valence-corrected chi connectivity index (χ0v) is 8.66. The van der Waals surface area contributed by atoms with Gasteiger partial charge in [-0.05, 0) is 40.9 Å². The molecule has 1 heterocycles. The number of aromatic nitrogens is 1. The summed E-state index contributed by atoms with van der Waals surface area (Å²) in [6.45, 7) is 0. The Labute approximate surface area is 85.3 Å². The minimum absolute atomic E-state index is 0.118. The van der Waals surface area contributed by atoms with Gasteiger partial charge in [-0.2, -0.15) is 0 Å². The topological polar surface area (TPSA) is 45.1 Å². The molecule has 1 aromatic rings. The van der Waals surface area contributed by atoms with Gasteiger partial charge in [0.2, 0.25) is 0 Å². The van der Waals surface area contributed by atoms with Crippen molar-refractivity contribution in [3.05, 3.63) is 22.8 Å². The SMILES string of the molecule is OC1CC(Nc2ccc(Br)cn2)C1. The molecule has 1 fully saturated rings. The molecule has 13 heavy (non-hydrogen) atoms. The Hall–Kier alpha value is -0.610. The Morgan fingerprint density at radius 2 is 2.23 bits per heavy atom. The number of rotatable bonds is 2. The fraction of sp³-hybridized carbons (Fsp3) is 0.444. The molecular weight excluding hydrogens is 232 g/mol. The summed E-state index contributed by atoms with van der Waals surface area (Å²) >= 11 is 3.32. The van der Waals surface area contributed by atoms with Gasteiger partial charge in [0.25, 0.3) is 0 Å². The van der Waals surface area contributed by atoms with Gasteiger partial charge < -0.3 is 10.4 Å². The minimum Gasteiger partial charge on any atom is -0.393 e. The molecule has 4 heteroatoms. The summed E-state index contributed by atoms with van der Waals surface area (Å²) in [6.07, 6.45) is 3.31. The van der Waals surface area contributed by atoms with E-state index >= 15 is 0 Å². The third-order valence-corrected chi connectivity index (χ3v) is 2.66. The molecule has 1 aromatic heterocycles. The highest BCUT2D eigenvalue weighted by Crippen LogP contribution is 2.23. The normalized spacial score (nSPS) is 26.6. The predicted octanol–water partition coefficient (Wildman–Crippen LogP) is 1.78. The molecule has 1 aliphatic carbocycles. The summed E-state index contributed by atoms with van der Waals surface area (Å²) in [7, 11) is 0. The molecule has 2 rings (SSSR count). The number of pyridine rings is 1. The first-order chi connectivity index (χ1) is 6.24. The van der Waals surface area contributed by atoms with Gasteiger partial charge in [-0.3, -0.25) is 0 Å². The highest BCUT2D eigenvalue weighted by molar-refractivity contribution is 9.10. The van der Waals surface area contributed by atoms with E-state index in [1.54, 1.807) is 6.20 Å². The third-order valence-electron chi connectivity index (χ3n) is 2.19. The number of halogens is 1. The Bertz CT molecular complexity index is 282. The Kier molecular flexibility index (Phi) is 2.51. The molecule has 0 atom stereocenters. The second-order valence-electron chi connectivity index (χ2n) is 3.33. The number of anilines is 1. The summed E-state index contributed by atoms with van der Waals surface area (Å²) < 4.78 is 0.978. The second kappa shape index (κ2) is 3.64. The van der Waals surface area contributed by atoms with E-state index in [-0.39, 0.29) is 6.10 Å². The van der Waals surface area contributed by atoms with Crippen molar-refractivity contribution >= 4 is 21.7 Å². The van der Waals surface area contributed by atoms with Crippen molar-refractivity contribution in [2.75, 3.05) is 5.32 Å². The van der Waals surface area contributed by atoms with E-state index in [9.17, 15) is 0 Å². The maximum atomic E-state index is 9.07. The van der Waals surface area contributed by atoms with Crippen LogP contribution >= 0.6 is 15.9 Å². The van der Waals surface area contributed by atoms with E-state index in [1.165, 1.54) is 0 Å². The van der Waals surface area contributed by atoms with E-state index in [1.807, 2.05) is 12.1 Å². The maximum Gasteiger partial charge on any atom is 0.126 e. The monoisotopic (exact) mass is 242 g/mol. The van der Waals surface area contributed by atoms with Crippen LogP contribution in [0.25, 0.3) is 0 Å². The lowest BCUT2D eigenvalue weighted by molar-refractivity contribution is 0.0835. The van der Waals surface area contributed by atoms with E-state index in [4.69, 9.17) is 5.11 Å². The lowest BCUT2D eigenvalue weighted by Gasteiger charge is -2.32. The highest BCUT2D eigenvalue weighted by Gasteiger charge is 2.26. The van der Waals surface area contributed by atoms with Crippen molar-refractivity contribution in [2.45, 2.75) is 25.0 Å². The Morgan fingerprint density at radius 1 is 1.46 bits per heavy atom. The molecule has 0 bridgehead atoms. The number of aliphatic hydroxyl groups is 1. The quantitative estimate of drug-likeness (QED) is 0.832. The van der Waals surface area contributed by atoms with Crippen molar-refractivity contribution in [2.24, 2.45) is 0 Å². The van der Waals surface area contributed by atoms with Crippen LogP contribution in [-0.2, 0) is 0 Å². The van der Waals surface area contributed by atoms with Crippen LogP contribution in [0, 0.1) is 0 Å². The average molecular weight is 243 g/mol. The first-order valence-corrected chi connectivity index (χ1v) is 5.09. The summed E-state index contributed by atoms with van der Waals surface area (Å²) in [6, 6.07) is 4.27. The van der Waals surface area contributed by atoms with Crippen molar-refractivity contribution < 1.29 is 5.11 Å². The number of nitrogens with one attached hydrogen (secondary N) is 1. The van der Waals surface area contributed by atoms with Crippen molar-refractivity contribution in [1.82, 2.24) is 4.98 Å². The van der Waals surface area contributed by atoms with Gasteiger partial charge in [0, 0.05) is 16.7 Å². The van der Waals surface area contributed by atoms with Crippen LogP contribution in [0.1, 0.15) is 12.8 Å². The molecular formula is C9H11BrN2O. The van der Waals surface area contributed by atoms with Gasteiger partial charge in [-0.15, -0.1) is 0 Å². The largest absolute Gasteiger partial charge is 0.393 e. The van der Waals surface area contributed by atoms with Crippen LogP contribution in [0.4, 0.5) is 5.82 Å². The Balaban J connectivity index is 1.91. The molecule has 1 aliphatic rings. The van der Waals surface area contributed by atoms with Gasteiger partial charge in [0.1, 0.15) is 5.82 Å². The fourth-order valence-electron chi connectivity index (χ4n) is 1.38. The molecule has 1 saturated carbocycles. The van der Waals surface area contributed by atoms with Crippen molar-refractivity contribution in [3.63, 3.8) is 0 Å². The van der Waals surface area contributed by atoms with Crippen LogP contribution in [0.2, 0.25) is 0 Å². The summed E-state index contributed by atoms with van der Waals surface area (Å²) in [4.78, 5) is 4.19. The van der Waals surface area contributed by atoms with Crippen LogP contribution in [0.5, 0.6) is 0 Å². The van der Waals surface area contributed by atoms with E-state index < -0.39 is 0 Å². The minimum atomic E-state index is -0.118. The zero-order chi connectivity index (χ0) is 9.26. The summed E-state index contributed by atoms with van der Waals surface area (Å²) in [5.41, 5.74) is 0. The highest BCUT2D eigenvalue weighted by atomic mass is 79.9. The van der Waals surface area contributed by atoms with Gasteiger partial charge in [-0.1, -0.05) is 0 Å². The molecule has 0 spiro atoms. The number of nitrogens with zero attached hydrogens (tertiary/aromatic N) is 1. The van der Waals surface area contributed by atoms with Gasteiger partial charge in [-0.25, -0.2) is 4.98 Å². The molecule has 0 unspecified atom stereocenters. The summed E-state index contributed by atoms with van der Waals surface area (Å²) in [5, 5.41) is 12.3. The number of hydrogen-bond acceptors (Lipinski definition) is 3. The maximum absolute atomic E-state index is 9.07. The van der Waals surface area contributed by atoms with Crippen LogP contribution < -0.4 is 5.32 Å². The summed E-state index contributed by atoms with van der Waals surface area (Å²) in [5.74, 6) is 0.875. The second-order valence-corrected chi connectivity index (χ2v) is 4.24. The zero-order valence-electron chi connectivity index (χ0n) is 7.07. The van der Waals surface area contributed by atoms with Crippen molar-refractivity contribution in [3.8, 4) is 0 Å². The van der Waals surface area contributed by atoms with Crippen molar-refractivity contribution in [1.29, 1.82) is 0 Å². The first-order valence-electron chi connectivity index (χ1n) is 4.30. The van der Waals surface area contributed by atoms with Crippen LogP contribution in [0.15, 0.2) is 22.8 Å². The molecule has 0 radical (unpaired) electrons. The molecule has 0 aromatic carbocycles. The molecule has 3 nitrogen and oxygen atoms in total. The van der Waals surface area contributed by atoms with E-state index in [0.717, 1.165) is 23.1 Å². The van der Waals surface area contributed by atoms with Crippen LogP contribution in [-0.4, -0.2) is 22.2 Å². The van der Waals surface area contributed by atoms with Gasteiger partial charge >= 0.3 is 0 Å². The smallest absolute Gasteiger partial charge is 0.126 e. The van der Waals surface area contributed by atoms with E-state index in [0.29, 0.717) is 6.04 Å². The molecule has 2 N–H and O–H groups in total. The van der Waals surface area contributed by atoms with Gasteiger partial charge in [0.15, 0.2) is 0 Å². The lowest BCUT2D eigenvalue weighted by atomic mass is 9.89. The third kappa shape index (κ3) is 2.19. The number of aliphatic hydroxyl groups excluding tert-OH is 1. The molecule has 0 amide bonds. The first kappa shape index (κ1) is 8.97. The molecule has 0 saturated heterocycles. The fourth-order valence-corrected chi connectivity index (χ4v) is 1.61. The number of hydrogen-bond donors (Lipinski definition) is 2. The Morgan fingerprint density at radius 3 is 2.77 bits per heavy atom. The standard InChI is InChI=1S/C9H11BrN2O/c10-6-1-2-9(11-5-6)12-7-3-8(13)4-7/h1-2,5,7-8,13H,3-4H2,(H,11,12). The van der Waals surface area contributed by atoms with Gasteiger partial charge in [0.05, 0.1) is 6.10 Å². The van der Waals surface area contributed by atoms with E-state index in [2.05, 4.69) is 26.2 Å². The van der Waals surface area contributed by atoms with Crippen LogP contribution in [0.3, 0.4) is 0 Å².